The monoisotopic (exact) mass is 333 g/mol. The predicted octanol–water partition coefficient (Wildman–Crippen LogP) is 3.62. The van der Waals surface area contributed by atoms with Crippen LogP contribution < -0.4 is 4.72 Å². The number of nitrogens with one attached hydrogen (secondary N) is 1. The molecular formula is C17H19NO4S. The largest absolute Gasteiger partial charge is 0.478 e. The summed E-state index contributed by atoms with van der Waals surface area (Å²) in [5.74, 6) is -0.779. The fraction of sp³-hybridized carbons (Fsp3) is 0.235. The lowest BCUT2D eigenvalue weighted by Gasteiger charge is -2.13. The highest BCUT2D eigenvalue weighted by Crippen LogP contribution is 2.23. The first-order valence-corrected chi connectivity index (χ1v) is 8.66. The summed E-state index contributed by atoms with van der Waals surface area (Å²) in [5.41, 5.74) is 1.76. The summed E-state index contributed by atoms with van der Waals surface area (Å²) < 4.78 is 27.4. The van der Waals surface area contributed by atoms with Crippen LogP contribution in [0.5, 0.6) is 0 Å². The lowest BCUT2D eigenvalue weighted by molar-refractivity contribution is 0.0696. The number of rotatable bonds is 5. The number of sulfonamides is 1. The zero-order valence-electron chi connectivity index (χ0n) is 13.2. The van der Waals surface area contributed by atoms with Crippen LogP contribution in [0.4, 0.5) is 5.69 Å². The summed E-state index contributed by atoms with van der Waals surface area (Å²) >= 11 is 0. The van der Waals surface area contributed by atoms with Crippen molar-refractivity contribution in [2.45, 2.75) is 31.6 Å². The van der Waals surface area contributed by atoms with Crippen LogP contribution >= 0.6 is 0 Å². The molecule has 2 rings (SSSR count). The number of carboxylic acids is 1. The molecule has 6 heteroatoms. The van der Waals surface area contributed by atoms with E-state index in [4.69, 9.17) is 5.11 Å². The highest BCUT2D eigenvalue weighted by Gasteiger charge is 2.17. The Morgan fingerprint density at radius 1 is 1.09 bits per heavy atom. The van der Waals surface area contributed by atoms with Gasteiger partial charge in [-0.1, -0.05) is 32.0 Å². The molecule has 122 valence electrons. The minimum absolute atomic E-state index is 0.0698. The van der Waals surface area contributed by atoms with Gasteiger partial charge in [0.05, 0.1) is 16.1 Å². The Kier molecular flexibility index (Phi) is 4.75. The summed E-state index contributed by atoms with van der Waals surface area (Å²) in [6, 6.07) is 11.1. The highest BCUT2D eigenvalue weighted by molar-refractivity contribution is 7.92. The molecule has 23 heavy (non-hydrogen) atoms. The van der Waals surface area contributed by atoms with E-state index < -0.39 is 16.0 Å². The third-order valence-electron chi connectivity index (χ3n) is 3.67. The van der Waals surface area contributed by atoms with Crippen LogP contribution in [0.15, 0.2) is 47.4 Å². The third kappa shape index (κ3) is 3.71. The van der Waals surface area contributed by atoms with Crippen molar-refractivity contribution >= 4 is 21.7 Å². The Bertz CT molecular complexity index is 824. The van der Waals surface area contributed by atoms with E-state index in [9.17, 15) is 13.2 Å². The molecule has 0 aliphatic rings. The molecule has 2 aromatic carbocycles. The van der Waals surface area contributed by atoms with E-state index in [0.29, 0.717) is 11.5 Å². The second kappa shape index (κ2) is 6.42. The topological polar surface area (TPSA) is 83.5 Å². The molecule has 5 nitrogen and oxygen atoms in total. The van der Waals surface area contributed by atoms with E-state index in [1.165, 1.54) is 12.1 Å². The Labute approximate surface area is 136 Å². The first-order valence-electron chi connectivity index (χ1n) is 7.18. The lowest BCUT2D eigenvalue weighted by atomic mass is 10.0. The van der Waals surface area contributed by atoms with Crippen molar-refractivity contribution < 1.29 is 18.3 Å². The first kappa shape index (κ1) is 17.0. The number of benzene rings is 2. The quantitative estimate of drug-likeness (QED) is 0.875. The minimum atomic E-state index is -3.76. The fourth-order valence-corrected chi connectivity index (χ4v) is 3.34. The van der Waals surface area contributed by atoms with Crippen molar-refractivity contribution in [3.8, 4) is 0 Å². The fourth-order valence-electron chi connectivity index (χ4n) is 2.21. The Hall–Kier alpha value is -2.34. The maximum atomic E-state index is 12.5. The molecule has 0 spiro atoms. The van der Waals surface area contributed by atoms with Crippen molar-refractivity contribution in [3.05, 3.63) is 59.2 Å². The van der Waals surface area contributed by atoms with Crippen molar-refractivity contribution in [1.82, 2.24) is 0 Å². The van der Waals surface area contributed by atoms with Crippen LogP contribution in [0, 0.1) is 6.92 Å². The average molecular weight is 333 g/mol. The van der Waals surface area contributed by atoms with Gasteiger partial charge in [0.15, 0.2) is 0 Å². The summed E-state index contributed by atoms with van der Waals surface area (Å²) in [6.07, 6.45) is 0. The van der Waals surface area contributed by atoms with Crippen molar-refractivity contribution in [2.75, 3.05) is 4.72 Å². The number of carboxylic acid groups (broad SMARTS) is 1. The molecule has 0 saturated carbocycles. The Morgan fingerprint density at radius 2 is 1.70 bits per heavy atom. The van der Waals surface area contributed by atoms with Crippen molar-refractivity contribution in [2.24, 2.45) is 0 Å². The molecule has 0 heterocycles. The second-order valence-electron chi connectivity index (χ2n) is 5.61. The van der Waals surface area contributed by atoms with Crippen molar-refractivity contribution in [1.29, 1.82) is 0 Å². The van der Waals surface area contributed by atoms with Crippen LogP contribution in [-0.2, 0) is 10.0 Å². The normalized spacial score (nSPS) is 11.5. The van der Waals surface area contributed by atoms with Gasteiger partial charge in [0.25, 0.3) is 10.0 Å². The number of hydrogen-bond acceptors (Lipinski definition) is 3. The van der Waals surface area contributed by atoms with Gasteiger partial charge in [-0.05, 0) is 48.2 Å². The van der Waals surface area contributed by atoms with Gasteiger partial charge in [0.1, 0.15) is 0 Å². The van der Waals surface area contributed by atoms with Crippen LogP contribution in [-0.4, -0.2) is 19.5 Å². The molecule has 0 saturated heterocycles. The molecule has 2 aromatic rings. The second-order valence-corrected chi connectivity index (χ2v) is 7.29. The van der Waals surface area contributed by atoms with Crippen LogP contribution in [0.2, 0.25) is 0 Å². The standard InChI is InChI=1S/C17H19NO4S/c1-11(2)13-7-9-14(10-8-13)23(21,22)18-16-6-4-5-15(12(16)3)17(19)20/h4-11,18H,1-3H3,(H,19,20). The zero-order chi connectivity index (χ0) is 17.2. The summed E-state index contributed by atoms with van der Waals surface area (Å²) in [4.78, 5) is 11.3. The van der Waals surface area contributed by atoms with Gasteiger partial charge in [-0.3, -0.25) is 4.72 Å². The summed E-state index contributed by atoms with van der Waals surface area (Å²) in [5, 5.41) is 9.11. The number of carbonyl (C=O) groups is 1. The molecule has 0 bridgehead atoms. The van der Waals surface area contributed by atoms with E-state index in [1.807, 2.05) is 13.8 Å². The smallest absolute Gasteiger partial charge is 0.336 e. The van der Waals surface area contributed by atoms with E-state index in [-0.39, 0.29) is 16.1 Å². The van der Waals surface area contributed by atoms with E-state index >= 15 is 0 Å². The maximum absolute atomic E-state index is 12.5. The van der Waals surface area contributed by atoms with Gasteiger partial charge in [-0.2, -0.15) is 0 Å². The third-order valence-corrected chi connectivity index (χ3v) is 5.05. The van der Waals surface area contributed by atoms with Crippen LogP contribution in [0.25, 0.3) is 0 Å². The van der Waals surface area contributed by atoms with E-state index in [1.54, 1.807) is 37.3 Å². The van der Waals surface area contributed by atoms with Crippen molar-refractivity contribution in [3.63, 3.8) is 0 Å². The summed E-state index contributed by atoms with van der Waals surface area (Å²) in [7, 11) is -3.76. The van der Waals surface area contributed by atoms with E-state index in [0.717, 1.165) is 5.56 Å². The molecule has 0 unspecified atom stereocenters. The molecule has 2 N–H and O–H groups in total. The van der Waals surface area contributed by atoms with Gasteiger partial charge in [-0.15, -0.1) is 0 Å². The molecule has 0 aliphatic carbocycles. The Morgan fingerprint density at radius 3 is 2.22 bits per heavy atom. The van der Waals surface area contributed by atoms with Crippen LogP contribution in [0.3, 0.4) is 0 Å². The average Bonchev–Trinajstić information content (AvgIpc) is 2.49. The number of anilines is 1. The SMILES string of the molecule is Cc1c(NS(=O)(=O)c2ccc(C(C)C)cc2)cccc1C(=O)O. The number of hydrogen-bond donors (Lipinski definition) is 2. The molecule has 0 radical (unpaired) electrons. The zero-order valence-corrected chi connectivity index (χ0v) is 14.0. The van der Waals surface area contributed by atoms with Gasteiger partial charge in [0.2, 0.25) is 0 Å². The molecular weight excluding hydrogens is 314 g/mol. The Balaban J connectivity index is 2.35. The summed E-state index contributed by atoms with van der Waals surface area (Å²) in [6.45, 7) is 5.63. The maximum Gasteiger partial charge on any atom is 0.336 e. The number of aromatic carboxylic acids is 1. The molecule has 0 fully saturated rings. The van der Waals surface area contributed by atoms with E-state index in [2.05, 4.69) is 4.72 Å². The highest BCUT2D eigenvalue weighted by atomic mass is 32.2. The van der Waals surface area contributed by atoms with Gasteiger partial charge < -0.3 is 5.11 Å². The molecule has 0 atom stereocenters. The lowest BCUT2D eigenvalue weighted by Crippen LogP contribution is -2.15. The van der Waals surface area contributed by atoms with Gasteiger partial charge in [-0.25, -0.2) is 13.2 Å². The molecule has 0 amide bonds. The predicted molar refractivity (Wildman–Crippen MR) is 89.5 cm³/mol. The minimum Gasteiger partial charge on any atom is -0.478 e. The van der Waals surface area contributed by atoms with Gasteiger partial charge >= 0.3 is 5.97 Å². The van der Waals surface area contributed by atoms with Gasteiger partial charge in [0, 0.05) is 0 Å². The van der Waals surface area contributed by atoms with Crippen LogP contribution in [0.1, 0.15) is 41.3 Å². The first-order chi connectivity index (χ1) is 10.7. The molecule has 0 aliphatic heterocycles. The molecule has 0 aromatic heterocycles.